The monoisotopic (exact) mass is 280 g/mol. The molecule has 0 unspecified atom stereocenters. The highest BCUT2D eigenvalue weighted by Crippen LogP contribution is 2.11. The first-order chi connectivity index (χ1) is 8.64. The van der Waals surface area contributed by atoms with Crippen molar-refractivity contribution < 1.29 is 27.5 Å². The van der Waals surface area contributed by atoms with Crippen molar-refractivity contribution in [1.82, 2.24) is 0 Å². The third kappa shape index (κ3) is 6.95. The lowest BCUT2D eigenvalue weighted by molar-refractivity contribution is 0.0204. The maximum atomic E-state index is 11.3. The fourth-order valence-electron chi connectivity index (χ4n) is 1.28. The minimum absolute atomic E-state index is 0.0228. The van der Waals surface area contributed by atoms with E-state index in [4.69, 9.17) is 22.8 Å². The molecule has 0 aliphatic heterocycles. The van der Waals surface area contributed by atoms with Crippen LogP contribution in [0.4, 0.5) is 4.79 Å². The maximum Gasteiger partial charge on any atom is 0.540 e. The zero-order valence-corrected chi connectivity index (χ0v) is 12.7. The summed E-state index contributed by atoms with van der Waals surface area (Å²) in [6.07, 6.45) is 0.0123. The molecule has 0 saturated carbocycles. The largest absolute Gasteiger partial charge is 0.540 e. The number of hydrogen-bond donors (Lipinski definition) is 0. The van der Waals surface area contributed by atoms with Gasteiger partial charge in [0.25, 0.3) is 0 Å². The predicted molar refractivity (Wildman–Crippen MR) is 68.2 cm³/mol. The first kappa shape index (κ1) is 17.4. The van der Waals surface area contributed by atoms with Crippen molar-refractivity contribution in [3.63, 3.8) is 0 Å². The molecule has 108 valence electrons. The van der Waals surface area contributed by atoms with Crippen LogP contribution < -0.4 is 0 Å². The number of carbonyl (C=O) groups excluding carboxylic acids is 1. The minimum atomic E-state index is -2.92. The first-order valence-electron chi connectivity index (χ1n) is 6.35. The van der Waals surface area contributed by atoms with Gasteiger partial charge in [0.15, 0.2) is 6.23 Å². The van der Waals surface area contributed by atoms with Crippen molar-refractivity contribution in [3.05, 3.63) is 0 Å². The van der Waals surface area contributed by atoms with Gasteiger partial charge in [0.05, 0.1) is 6.61 Å². The van der Waals surface area contributed by atoms with Gasteiger partial charge in [0.1, 0.15) is 0 Å². The van der Waals surface area contributed by atoms with Gasteiger partial charge in [-0.2, -0.15) is 0 Å². The molecule has 0 saturated heterocycles. The Bertz CT molecular complexity index is 207. The Hall–Kier alpha value is -0.633. The molecule has 0 spiro atoms. The lowest BCUT2D eigenvalue weighted by Gasteiger charge is -2.27. The van der Waals surface area contributed by atoms with E-state index in [1.807, 2.05) is 27.7 Å². The van der Waals surface area contributed by atoms with Gasteiger partial charge in [-0.15, -0.1) is 0 Å². The lowest BCUT2D eigenvalue weighted by atomic mass is 10.5. The topological polar surface area (TPSA) is 63.2 Å². The van der Waals surface area contributed by atoms with E-state index in [9.17, 15) is 4.79 Å². The van der Waals surface area contributed by atoms with E-state index in [1.165, 1.54) is 0 Å². The standard InChI is InChI=1S/C11H24O6Si/c1-5-9-13-11(12)14-10-18(15-6-2,16-7-3)17-8-4/h5-10H2,1-4H3. The lowest BCUT2D eigenvalue weighted by Crippen LogP contribution is -2.51. The summed E-state index contributed by atoms with van der Waals surface area (Å²) in [4.78, 5) is 11.3. The normalized spacial score (nSPS) is 11.3. The highest BCUT2D eigenvalue weighted by Gasteiger charge is 2.42. The van der Waals surface area contributed by atoms with Crippen LogP contribution >= 0.6 is 0 Å². The molecule has 18 heavy (non-hydrogen) atoms. The van der Waals surface area contributed by atoms with Crippen LogP contribution in [0.1, 0.15) is 34.1 Å². The zero-order chi connectivity index (χ0) is 13.9. The summed E-state index contributed by atoms with van der Waals surface area (Å²) in [7, 11) is -2.92. The molecular formula is C11H24O6Si. The van der Waals surface area contributed by atoms with Crippen molar-refractivity contribution in [3.8, 4) is 0 Å². The van der Waals surface area contributed by atoms with Gasteiger partial charge in [0.2, 0.25) is 0 Å². The third-order valence-electron chi connectivity index (χ3n) is 1.88. The predicted octanol–water partition coefficient (Wildman–Crippen LogP) is 2.14. The molecule has 0 rings (SSSR count). The second-order valence-electron chi connectivity index (χ2n) is 3.37. The van der Waals surface area contributed by atoms with Crippen molar-refractivity contribution in [1.29, 1.82) is 0 Å². The summed E-state index contributed by atoms with van der Waals surface area (Å²) < 4.78 is 26.4. The summed E-state index contributed by atoms with van der Waals surface area (Å²) in [6.45, 7) is 9.11. The summed E-state index contributed by atoms with van der Waals surface area (Å²) in [6, 6.07) is 0. The Morgan fingerprint density at radius 3 is 1.78 bits per heavy atom. The molecule has 0 heterocycles. The van der Waals surface area contributed by atoms with Crippen LogP contribution in [-0.2, 0) is 22.8 Å². The smallest absolute Gasteiger partial charge is 0.434 e. The SMILES string of the molecule is CCCOC(=O)OC[Si](OCC)(OCC)OCC. The summed E-state index contributed by atoms with van der Waals surface area (Å²) in [5.74, 6) is 0. The molecule has 0 bridgehead atoms. The quantitative estimate of drug-likeness (QED) is 0.451. The fraction of sp³-hybridized carbons (Fsp3) is 0.909. The van der Waals surface area contributed by atoms with E-state index in [1.54, 1.807) is 0 Å². The van der Waals surface area contributed by atoms with Gasteiger partial charge in [-0.25, -0.2) is 4.79 Å². The molecule has 0 aromatic carbocycles. The molecule has 0 radical (unpaired) electrons. The van der Waals surface area contributed by atoms with Crippen LogP contribution in [-0.4, -0.2) is 47.6 Å². The van der Waals surface area contributed by atoms with Crippen LogP contribution in [0, 0.1) is 0 Å². The highest BCUT2D eigenvalue weighted by molar-refractivity contribution is 6.60. The van der Waals surface area contributed by atoms with Gasteiger partial charge in [-0.3, -0.25) is 0 Å². The Morgan fingerprint density at radius 2 is 1.39 bits per heavy atom. The van der Waals surface area contributed by atoms with Gasteiger partial charge in [0, 0.05) is 19.8 Å². The van der Waals surface area contributed by atoms with Gasteiger partial charge in [-0.1, -0.05) is 6.92 Å². The van der Waals surface area contributed by atoms with Crippen LogP contribution in [0.15, 0.2) is 0 Å². The Balaban J connectivity index is 4.32. The molecule has 0 aromatic heterocycles. The van der Waals surface area contributed by atoms with Crippen LogP contribution in [0.2, 0.25) is 0 Å². The number of carbonyl (C=O) groups is 1. The summed E-state index contributed by atoms with van der Waals surface area (Å²) in [5, 5.41) is 0. The Kier molecular flexibility index (Phi) is 9.94. The summed E-state index contributed by atoms with van der Waals surface area (Å²) >= 11 is 0. The molecular weight excluding hydrogens is 256 g/mol. The second-order valence-corrected chi connectivity index (χ2v) is 5.89. The zero-order valence-electron chi connectivity index (χ0n) is 11.7. The van der Waals surface area contributed by atoms with Crippen molar-refractivity contribution in [2.24, 2.45) is 0 Å². The van der Waals surface area contributed by atoms with Crippen LogP contribution in [0.25, 0.3) is 0 Å². The average molecular weight is 280 g/mol. The first-order valence-corrected chi connectivity index (χ1v) is 8.28. The maximum absolute atomic E-state index is 11.3. The molecule has 0 N–H and O–H groups in total. The van der Waals surface area contributed by atoms with Gasteiger partial charge < -0.3 is 22.8 Å². The average Bonchev–Trinajstić information content (AvgIpc) is 2.35. The highest BCUT2D eigenvalue weighted by atomic mass is 28.4. The second kappa shape index (κ2) is 10.3. The van der Waals surface area contributed by atoms with E-state index < -0.39 is 15.0 Å². The minimum Gasteiger partial charge on any atom is -0.434 e. The third-order valence-corrected chi connectivity index (χ3v) is 4.57. The molecule has 0 atom stereocenters. The van der Waals surface area contributed by atoms with Gasteiger partial charge in [-0.05, 0) is 27.2 Å². The molecule has 7 heteroatoms. The van der Waals surface area contributed by atoms with E-state index in [0.29, 0.717) is 26.4 Å². The van der Waals surface area contributed by atoms with E-state index >= 15 is 0 Å². The van der Waals surface area contributed by atoms with Crippen molar-refractivity contribution >= 4 is 15.0 Å². The number of rotatable bonds is 10. The molecule has 0 aromatic rings. The molecule has 6 nitrogen and oxygen atoms in total. The number of hydrogen-bond acceptors (Lipinski definition) is 6. The molecule has 0 aliphatic rings. The van der Waals surface area contributed by atoms with E-state index in [-0.39, 0.29) is 6.23 Å². The van der Waals surface area contributed by atoms with E-state index in [0.717, 1.165) is 6.42 Å². The Labute approximate surface area is 110 Å². The van der Waals surface area contributed by atoms with E-state index in [2.05, 4.69) is 0 Å². The summed E-state index contributed by atoms with van der Waals surface area (Å²) in [5.41, 5.74) is 0. The molecule has 0 fully saturated rings. The molecule has 0 aliphatic carbocycles. The van der Waals surface area contributed by atoms with Crippen molar-refractivity contribution in [2.75, 3.05) is 32.7 Å². The molecule has 0 amide bonds. The van der Waals surface area contributed by atoms with Crippen LogP contribution in [0.5, 0.6) is 0 Å². The fourth-order valence-corrected chi connectivity index (χ4v) is 3.40. The van der Waals surface area contributed by atoms with Crippen LogP contribution in [0.3, 0.4) is 0 Å². The van der Waals surface area contributed by atoms with Crippen molar-refractivity contribution in [2.45, 2.75) is 34.1 Å². The number of ether oxygens (including phenoxy) is 2. The Morgan fingerprint density at radius 1 is 0.889 bits per heavy atom. The van der Waals surface area contributed by atoms with Gasteiger partial charge >= 0.3 is 15.0 Å².